The molecule has 1 heterocycles. The van der Waals surface area contributed by atoms with Crippen molar-refractivity contribution in [3.05, 3.63) is 18.3 Å². The van der Waals surface area contributed by atoms with Gasteiger partial charge in [0.2, 0.25) is 0 Å². The van der Waals surface area contributed by atoms with E-state index >= 15 is 0 Å². The highest BCUT2D eigenvalue weighted by Gasteiger charge is 2.00. The van der Waals surface area contributed by atoms with Gasteiger partial charge in [0.25, 0.3) is 0 Å². The van der Waals surface area contributed by atoms with Gasteiger partial charge in [0.15, 0.2) is 0 Å². The molecule has 0 unspecified atom stereocenters. The van der Waals surface area contributed by atoms with Gasteiger partial charge in [-0.3, -0.25) is 0 Å². The van der Waals surface area contributed by atoms with Crippen molar-refractivity contribution in [2.24, 2.45) is 5.92 Å². The number of nitrogens with zero attached hydrogens (tertiary/aromatic N) is 1. The number of hydrogen-bond acceptors (Lipinski definition) is 3. The molecule has 84 valence electrons. The van der Waals surface area contributed by atoms with Gasteiger partial charge in [-0.15, -0.1) is 0 Å². The minimum Gasteiger partial charge on any atom is -0.385 e. The Bertz CT molecular complexity index is 284. The van der Waals surface area contributed by atoms with Gasteiger partial charge in [-0.25, -0.2) is 4.98 Å². The zero-order valence-corrected chi connectivity index (χ0v) is 9.88. The monoisotopic (exact) mass is 207 g/mol. The van der Waals surface area contributed by atoms with Crippen molar-refractivity contribution in [2.75, 3.05) is 24.2 Å². The Labute approximate surface area is 92.3 Å². The van der Waals surface area contributed by atoms with Crippen LogP contribution in [0.25, 0.3) is 0 Å². The van der Waals surface area contributed by atoms with Crippen molar-refractivity contribution >= 4 is 11.5 Å². The Kier molecular flexibility index (Phi) is 4.95. The summed E-state index contributed by atoms with van der Waals surface area (Å²) in [5, 5.41) is 6.47. The summed E-state index contributed by atoms with van der Waals surface area (Å²) in [4.78, 5) is 4.29. The smallest absolute Gasteiger partial charge is 0.149 e. The molecule has 0 radical (unpaired) electrons. The highest BCUT2D eigenvalue weighted by molar-refractivity contribution is 5.63. The SMILES string of the molecule is CNc1cccnc1NCCCC(C)C. The van der Waals surface area contributed by atoms with E-state index < -0.39 is 0 Å². The van der Waals surface area contributed by atoms with Crippen LogP contribution in [-0.2, 0) is 0 Å². The van der Waals surface area contributed by atoms with Crippen molar-refractivity contribution in [3.8, 4) is 0 Å². The molecule has 3 nitrogen and oxygen atoms in total. The number of pyridine rings is 1. The Hall–Kier alpha value is -1.25. The molecule has 0 aliphatic carbocycles. The molecule has 0 aliphatic rings. The lowest BCUT2D eigenvalue weighted by atomic mass is 10.1. The first-order valence-electron chi connectivity index (χ1n) is 5.60. The van der Waals surface area contributed by atoms with Crippen LogP contribution in [0.4, 0.5) is 11.5 Å². The summed E-state index contributed by atoms with van der Waals surface area (Å²) in [6, 6.07) is 3.96. The van der Waals surface area contributed by atoms with E-state index in [1.165, 1.54) is 12.8 Å². The second-order valence-corrected chi connectivity index (χ2v) is 4.11. The van der Waals surface area contributed by atoms with Crippen molar-refractivity contribution in [2.45, 2.75) is 26.7 Å². The van der Waals surface area contributed by atoms with E-state index in [1.807, 2.05) is 25.4 Å². The van der Waals surface area contributed by atoms with E-state index in [0.29, 0.717) is 0 Å². The van der Waals surface area contributed by atoms with Crippen LogP contribution >= 0.6 is 0 Å². The summed E-state index contributed by atoms with van der Waals surface area (Å²) < 4.78 is 0. The number of hydrogen-bond donors (Lipinski definition) is 2. The molecule has 1 rings (SSSR count). The van der Waals surface area contributed by atoms with E-state index in [9.17, 15) is 0 Å². The lowest BCUT2D eigenvalue weighted by Crippen LogP contribution is -2.06. The summed E-state index contributed by atoms with van der Waals surface area (Å²) >= 11 is 0. The molecule has 15 heavy (non-hydrogen) atoms. The van der Waals surface area contributed by atoms with E-state index in [4.69, 9.17) is 0 Å². The van der Waals surface area contributed by atoms with Gasteiger partial charge in [0.05, 0.1) is 5.69 Å². The molecule has 0 saturated carbocycles. The fourth-order valence-corrected chi connectivity index (χ4v) is 1.47. The molecule has 0 fully saturated rings. The van der Waals surface area contributed by atoms with E-state index in [1.54, 1.807) is 0 Å². The molecule has 0 bridgehead atoms. The molecule has 0 amide bonds. The van der Waals surface area contributed by atoms with Crippen LogP contribution < -0.4 is 10.6 Å². The lowest BCUT2D eigenvalue weighted by molar-refractivity contribution is 0.567. The lowest BCUT2D eigenvalue weighted by Gasteiger charge is -2.10. The Morgan fingerprint density at radius 2 is 2.20 bits per heavy atom. The Morgan fingerprint density at radius 3 is 2.87 bits per heavy atom. The number of nitrogens with one attached hydrogen (secondary N) is 2. The van der Waals surface area contributed by atoms with Crippen molar-refractivity contribution < 1.29 is 0 Å². The maximum Gasteiger partial charge on any atom is 0.149 e. The summed E-state index contributed by atoms with van der Waals surface area (Å²) in [5.41, 5.74) is 1.06. The maximum absolute atomic E-state index is 4.29. The third kappa shape index (κ3) is 4.19. The first kappa shape index (κ1) is 11.8. The molecule has 0 aliphatic heterocycles. The second kappa shape index (κ2) is 6.27. The van der Waals surface area contributed by atoms with Crippen LogP contribution in [0.3, 0.4) is 0 Å². The molecule has 0 aromatic carbocycles. The van der Waals surface area contributed by atoms with Crippen LogP contribution in [0, 0.1) is 5.92 Å². The molecule has 0 atom stereocenters. The molecule has 1 aromatic rings. The predicted molar refractivity (Wildman–Crippen MR) is 66.3 cm³/mol. The molecule has 0 spiro atoms. The third-order valence-corrected chi connectivity index (χ3v) is 2.33. The second-order valence-electron chi connectivity index (χ2n) is 4.11. The molecular weight excluding hydrogens is 186 g/mol. The summed E-state index contributed by atoms with van der Waals surface area (Å²) in [6.07, 6.45) is 4.26. The molecule has 0 saturated heterocycles. The first-order valence-corrected chi connectivity index (χ1v) is 5.60. The fraction of sp³-hybridized carbons (Fsp3) is 0.583. The van der Waals surface area contributed by atoms with E-state index in [2.05, 4.69) is 29.5 Å². The summed E-state index contributed by atoms with van der Waals surface area (Å²) in [7, 11) is 1.91. The highest BCUT2D eigenvalue weighted by atomic mass is 15.0. The maximum atomic E-state index is 4.29. The molecular formula is C12H21N3. The van der Waals surface area contributed by atoms with Crippen LogP contribution in [0.15, 0.2) is 18.3 Å². The fourth-order valence-electron chi connectivity index (χ4n) is 1.47. The number of rotatable bonds is 6. The first-order chi connectivity index (χ1) is 7.24. The van der Waals surface area contributed by atoms with Gasteiger partial charge >= 0.3 is 0 Å². The molecule has 1 aromatic heterocycles. The summed E-state index contributed by atoms with van der Waals surface area (Å²) in [5.74, 6) is 1.73. The van der Waals surface area contributed by atoms with Crippen LogP contribution in [0.2, 0.25) is 0 Å². The largest absolute Gasteiger partial charge is 0.385 e. The zero-order chi connectivity index (χ0) is 11.1. The highest BCUT2D eigenvalue weighted by Crippen LogP contribution is 2.16. The van der Waals surface area contributed by atoms with E-state index in [0.717, 1.165) is 24.0 Å². The topological polar surface area (TPSA) is 37.0 Å². The van der Waals surface area contributed by atoms with Gasteiger partial charge in [0.1, 0.15) is 5.82 Å². The minimum absolute atomic E-state index is 0.777. The van der Waals surface area contributed by atoms with Crippen molar-refractivity contribution in [3.63, 3.8) is 0 Å². The Balaban J connectivity index is 2.36. The molecule has 2 N–H and O–H groups in total. The predicted octanol–water partition coefficient (Wildman–Crippen LogP) is 2.97. The molecule has 3 heteroatoms. The van der Waals surface area contributed by atoms with Crippen molar-refractivity contribution in [1.29, 1.82) is 0 Å². The van der Waals surface area contributed by atoms with Crippen LogP contribution in [0.1, 0.15) is 26.7 Å². The number of anilines is 2. The minimum atomic E-state index is 0.777. The third-order valence-electron chi connectivity index (χ3n) is 2.33. The summed E-state index contributed by atoms with van der Waals surface area (Å²) in [6.45, 7) is 5.49. The quantitative estimate of drug-likeness (QED) is 0.704. The average molecular weight is 207 g/mol. The standard InChI is InChI=1S/C12H21N3/c1-10(2)6-4-8-14-12-11(13-3)7-5-9-15-12/h5,7,9-10,13H,4,6,8H2,1-3H3,(H,14,15). The van der Waals surface area contributed by atoms with Gasteiger partial charge in [-0.1, -0.05) is 13.8 Å². The van der Waals surface area contributed by atoms with Crippen LogP contribution in [-0.4, -0.2) is 18.6 Å². The Morgan fingerprint density at radius 1 is 1.40 bits per heavy atom. The van der Waals surface area contributed by atoms with Crippen molar-refractivity contribution in [1.82, 2.24) is 4.98 Å². The van der Waals surface area contributed by atoms with Crippen LogP contribution in [0.5, 0.6) is 0 Å². The van der Waals surface area contributed by atoms with E-state index in [-0.39, 0.29) is 0 Å². The normalized spacial score (nSPS) is 10.4. The van der Waals surface area contributed by atoms with Gasteiger partial charge in [0, 0.05) is 19.8 Å². The van der Waals surface area contributed by atoms with Gasteiger partial charge < -0.3 is 10.6 Å². The zero-order valence-electron chi connectivity index (χ0n) is 9.88. The van der Waals surface area contributed by atoms with Gasteiger partial charge in [-0.2, -0.15) is 0 Å². The number of aromatic nitrogens is 1. The average Bonchev–Trinajstić information content (AvgIpc) is 2.24. The van der Waals surface area contributed by atoms with Gasteiger partial charge in [-0.05, 0) is 30.9 Å².